The van der Waals surface area contributed by atoms with Crippen LogP contribution in [0.25, 0.3) is 0 Å². The maximum absolute atomic E-state index is 9.75. The number of aliphatic hydroxyl groups is 1. The van der Waals surface area contributed by atoms with Crippen molar-refractivity contribution in [1.82, 2.24) is 10.2 Å². The summed E-state index contributed by atoms with van der Waals surface area (Å²) in [6, 6.07) is 0.606. The molecule has 1 saturated heterocycles. The molecule has 0 aromatic carbocycles. The third kappa shape index (κ3) is 4.40. The van der Waals surface area contributed by atoms with Gasteiger partial charge in [-0.2, -0.15) is 0 Å². The van der Waals surface area contributed by atoms with E-state index in [2.05, 4.69) is 24.1 Å². The van der Waals surface area contributed by atoms with Gasteiger partial charge in [-0.3, -0.25) is 0 Å². The molecule has 3 unspecified atom stereocenters. The van der Waals surface area contributed by atoms with Crippen molar-refractivity contribution in [2.75, 3.05) is 26.7 Å². The minimum absolute atomic E-state index is 0.107. The fourth-order valence-corrected chi connectivity index (χ4v) is 2.73. The second-order valence-electron chi connectivity index (χ2n) is 5.14. The van der Waals surface area contributed by atoms with Crippen molar-refractivity contribution in [1.29, 1.82) is 0 Å². The standard InChI is InChI=1S/C13H28N2O/c1-4-6-15-9-11(8-13(16)5-2)7-12(10-15)14-3/h11-14,16H,4-10H2,1-3H3. The molecule has 3 atom stereocenters. The summed E-state index contributed by atoms with van der Waals surface area (Å²) < 4.78 is 0. The molecule has 3 nitrogen and oxygen atoms in total. The Kier molecular flexibility index (Phi) is 6.32. The van der Waals surface area contributed by atoms with Crippen molar-refractivity contribution in [3.8, 4) is 0 Å². The third-order valence-corrected chi connectivity index (χ3v) is 3.64. The molecule has 1 aliphatic heterocycles. The Morgan fingerprint density at radius 2 is 2.12 bits per heavy atom. The van der Waals surface area contributed by atoms with E-state index in [0.29, 0.717) is 12.0 Å². The quantitative estimate of drug-likeness (QED) is 0.722. The average Bonchev–Trinajstić information content (AvgIpc) is 2.29. The van der Waals surface area contributed by atoms with Crippen molar-refractivity contribution < 1.29 is 5.11 Å². The van der Waals surface area contributed by atoms with Crippen LogP contribution >= 0.6 is 0 Å². The molecule has 0 radical (unpaired) electrons. The van der Waals surface area contributed by atoms with Gasteiger partial charge < -0.3 is 15.3 Å². The number of likely N-dealkylation sites (N-methyl/N-ethyl adjacent to an activating group) is 1. The fourth-order valence-electron chi connectivity index (χ4n) is 2.73. The van der Waals surface area contributed by atoms with E-state index in [9.17, 15) is 5.11 Å². The summed E-state index contributed by atoms with van der Waals surface area (Å²) in [5, 5.41) is 13.1. The SMILES string of the molecule is CCCN1CC(CC(O)CC)CC(NC)C1. The third-order valence-electron chi connectivity index (χ3n) is 3.64. The van der Waals surface area contributed by atoms with Crippen LogP contribution in [0.3, 0.4) is 0 Å². The maximum Gasteiger partial charge on any atom is 0.0540 e. The van der Waals surface area contributed by atoms with E-state index < -0.39 is 0 Å². The van der Waals surface area contributed by atoms with E-state index in [0.717, 1.165) is 12.8 Å². The predicted octanol–water partition coefficient (Wildman–Crippen LogP) is 1.47. The van der Waals surface area contributed by atoms with Crippen molar-refractivity contribution >= 4 is 0 Å². The topological polar surface area (TPSA) is 35.5 Å². The van der Waals surface area contributed by atoms with Gasteiger partial charge in [-0.25, -0.2) is 0 Å². The smallest absolute Gasteiger partial charge is 0.0540 e. The molecule has 1 rings (SSSR count). The molecule has 0 aromatic rings. The molecule has 1 fully saturated rings. The first-order valence-corrected chi connectivity index (χ1v) is 6.77. The number of piperidine rings is 1. The molecule has 1 aliphatic rings. The van der Waals surface area contributed by atoms with Crippen molar-refractivity contribution in [2.45, 2.75) is 51.7 Å². The molecule has 0 spiro atoms. The zero-order valence-corrected chi connectivity index (χ0v) is 11.1. The Morgan fingerprint density at radius 1 is 1.38 bits per heavy atom. The minimum Gasteiger partial charge on any atom is -0.393 e. The molecule has 0 aromatic heterocycles. The highest BCUT2D eigenvalue weighted by molar-refractivity contribution is 4.83. The maximum atomic E-state index is 9.75. The summed E-state index contributed by atoms with van der Waals surface area (Å²) in [6.07, 6.45) is 4.18. The van der Waals surface area contributed by atoms with Crippen LogP contribution in [0.15, 0.2) is 0 Å². The summed E-state index contributed by atoms with van der Waals surface area (Å²) >= 11 is 0. The van der Waals surface area contributed by atoms with Gasteiger partial charge in [0.2, 0.25) is 0 Å². The molecule has 2 N–H and O–H groups in total. The highest BCUT2D eigenvalue weighted by Gasteiger charge is 2.26. The summed E-state index contributed by atoms with van der Waals surface area (Å²) in [4.78, 5) is 2.54. The monoisotopic (exact) mass is 228 g/mol. The van der Waals surface area contributed by atoms with Crippen molar-refractivity contribution in [2.24, 2.45) is 5.92 Å². The second kappa shape index (κ2) is 7.25. The number of nitrogens with zero attached hydrogens (tertiary/aromatic N) is 1. The zero-order valence-electron chi connectivity index (χ0n) is 11.1. The molecule has 0 bridgehead atoms. The summed E-state index contributed by atoms with van der Waals surface area (Å²) in [5.74, 6) is 0.660. The van der Waals surface area contributed by atoms with E-state index in [1.807, 2.05) is 7.05 Å². The molecular weight excluding hydrogens is 200 g/mol. The van der Waals surface area contributed by atoms with Crippen LogP contribution < -0.4 is 5.32 Å². The molecule has 1 heterocycles. The van der Waals surface area contributed by atoms with Gasteiger partial charge in [0.15, 0.2) is 0 Å². The Balaban J connectivity index is 2.43. The highest BCUT2D eigenvalue weighted by atomic mass is 16.3. The van der Waals surface area contributed by atoms with E-state index in [-0.39, 0.29) is 6.10 Å². The van der Waals surface area contributed by atoms with E-state index in [1.54, 1.807) is 0 Å². The predicted molar refractivity (Wildman–Crippen MR) is 68.6 cm³/mol. The number of aliphatic hydroxyl groups excluding tert-OH is 1. The lowest BCUT2D eigenvalue weighted by atomic mass is 9.89. The van der Waals surface area contributed by atoms with Gasteiger partial charge in [0.05, 0.1) is 6.10 Å². The first kappa shape index (κ1) is 13.9. The molecular formula is C13H28N2O. The minimum atomic E-state index is -0.107. The van der Waals surface area contributed by atoms with Crippen LogP contribution in [-0.2, 0) is 0 Å². The number of hydrogen-bond acceptors (Lipinski definition) is 3. The molecule has 16 heavy (non-hydrogen) atoms. The van der Waals surface area contributed by atoms with Gasteiger partial charge in [0.25, 0.3) is 0 Å². The Morgan fingerprint density at radius 3 is 2.69 bits per heavy atom. The lowest BCUT2D eigenvalue weighted by molar-refractivity contribution is 0.0854. The van der Waals surface area contributed by atoms with E-state index in [1.165, 1.54) is 32.5 Å². The van der Waals surface area contributed by atoms with E-state index in [4.69, 9.17) is 0 Å². The van der Waals surface area contributed by atoms with Crippen LogP contribution in [0.5, 0.6) is 0 Å². The largest absolute Gasteiger partial charge is 0.393 e. The first-order valence-electron chi connectivity index (χ1n) is 6.77. The zero-order chi connectivity index (χ0) is 12.0. The number of hydrogen-bond donors (Lipinski definition) is 2. The Labute approximate surface area is 100 Å². The summed E-state index contributed by atoms with van der Waals surface area (Å²) in [5.41, 5.74) is 0. The van der Waals surface area contributed by atoms with Crippen LogP contribution in [0.1, 0.15) is 39.5 Å². The normalized spacial score (nSPS) is 29.2. The number of likely N-dealkylation sites (tertiary alicyclic amines) is 1. The van der Waals surface area contributed by atoms with Crippen LogP contribution in [-0.4, -0.2) is 48.8 Å². The lowest BCUT2D eigenvalue weighted by Crippen LogP contribution is -2.48. The van der Waals surface area contributed by atoms with Gasteiger partial charge in [-0.05, 0) is 45.2 Å². The van der Waals surface area contributed by atoms with Gasteiger partial charge in [-0.1, -0.05) is 13.8 Å². The fraction of sp³-hybridized carbons (Fsp3) is 1.00. The summed E-state index contributed by atoms with van der Waals surface area (Å²) in [6.45, 7) is 7.83. The lowest BCUT2D eigenvalue weighted by Gasteiger charge is -2.38. The average molecular weight is 228 g/mol. The molecule has 3 heteroatoms. The second-order valence-corrected chi connectivity index (χ2v) is 5.14. The molecule has 0 amide bonds. The van der Waals surface area contributed by atoms with Crippen molar-refractivity contribution in [3.63, 3.8) is 0 Å². The van der Waals surface area contributed by atoms with Gasteiger partial charge in [-0.15, -0.1) is 0 Å². The summed E-state index contributed by atoms with van der Waals surface area (Å²) in [7, 11) is 2.05. The van der Waals surface area contributed by atoms with Crippen LogP contribution in [0.4, 0.5) is 0 Å². The Bertz CT molecular complexity index is 185. The van der Waals surface area contributed by atoms with Gasteiger partial charge in [0, 0.05) is 19.1 Å². The van der Waals surface area contributed by atoms with Crippen LogP contribution in [0, 0.1) is 5.92 Å². The highest BCUT2D eigenvalue weighted by Crippen LogP contribution is 2.22. The van der Waals surface area contributed by atoms with Crippen LogP contribution in [0.2, 0.25) is 0 Å². The number of nitrogens with one attached hydrogen (secondary N) is 1. The van der Waals surface area contributed by atoms with Crippen molar-refractivity contribution in [3.05, 3.63) is 0 Å². The Hall–Kier alpha value is -0.120. The molecule has 0 aliphatic carbocycles. The molecule has 96 valence electrons. The number of rotatable bonds is 6. The van der Waals surface area contributed by atoms with Gasteiger partial charge >= 0.3 is 0 Å². The first-order chi connectivity index (χ1) is 7.69. The van der Waals surface area contributed by atoms with Gasteiger partial charge in [0.1, 0.15) is 0 Å². The molecule has 0 saturated carbocycles. The van der Waals surface area contributed by atoms with E-state index >= 15 is 0 Å².